The Bertz CT molecular complexity index is 1190. The molecule has 0 amide bonds. The van der Waals surface area contributed by atoms with Crippen LogP contribution in [0.25, 0.3) is 0 Å². The van der Waals surface area contributed by atoms with Gasteiger partial charge in [0.2, 0.25) is 0 Å². The summed E-state index contributed by atoms with van der Waals surface area (Å²) in [5.41, 5.74) is 4.62. The van der Waals surface area contributed by atoms with Gasteiger partial charge in [-0.25, -0.2) is 4.79 Å². The number of benzene rings is 2. The van der Waals surface area contributed by atoms with E-state index in [4.69, 9.17) is 14.2 Å². The van der Waals surface area contributed by atoms with Gasteiger partial charge in [-0.3, -0.25) is 4.79 Å². The van der Waals surface area contributed by atoms with E-state index in [0.717, 1.165) is 28.3 Å². The van der Waals surface area contributed by atoms with E-state index in [1.165, 1.54) is 0 Å². The maximum Gasteiger partial charge on any atom is 0.336 e. The number of carbonyl (C=O) groups is 2. The van der Waals surface area contributed by atoms with Crippen LogP contribution in [-0.4, -0.2) is 44.1 Å². The average molecular weight is 508 g/mol. The van der Waals surface area contributed by atoms with E-state index in [1.54, 1.807) is 26.0 Å². The van der Waals surface area contributed by atoms with E-state index in [1.807, 2.05) is 43.3 Å². The lowest BCUT2D eigenvalue weighted by Gasteiger charge is -2.36. The maximum atomic E-state index is 13.7. The SMILES string of the molecule is CCSCCOC(=O)C1=C(C)NC2=C(C(=O)C[C@@H](c3ccccc3)C2)[C@@H]1c1ccc(OC)c(OC)c1. The molecule has 190 valence electrons. The van der Waals surface area contributed by atoms with Gasteiger partial charge in [0.15, 0.2) is 17.3 Å². The summed E-state index contributed by atoms with van der Waals surface area (Å²) in [6.45, 7) is 4.27. The molecule has 2 aliphatic rings. The highest BCUT2D eigenvalue weighted by molar-refractivity contribution is 7.99. The number of ketones is 1. The van der Waals surface area contributed by atoms with Crippen LogP contribution >= 0.6 is 11.8 Å². The number of dihydropyridines is 1. The van der Waals surface area contributed by atoms with Crippen LogP contribution in [0.1, 0.15) is 49.7 Å². The minimum atomic E-state index is -0.545. The fraction of sp³-hybridized carbons (Fsp3) is 0.379. The van der Waals surface area contributed by atoms with Crippen LogP contribution in [0.3, 0.4) is 0 Å². The fourth-order valence-electron chi connectivity index (χ4n) is 5.05. The number of allylic oxidation sites excluding steroid dienone is 3. The molecule has 0 fully saturated rings. The van der Waals surface area contributed by atoms with Crippen molar-refractivity contribution in [1.29, 1.82) is 0 Å². The normalized spacial score (nSPS) is 19.5. The second-order valence-electron chi connectivity index (χ2n) is 8.88. The first-order valence-corrected chi connectivity index (χ1v) is 13.4. The van der Waals surface area contributed by atoms with Gasteiger partial charge in [-0.2, -0.15) is 11.8 Å². The molecule has 2 atom stereocenters. The highest BCUT2D eigenvalue weighted by Crippen LogP contribution is 2.47. The Morgan fingerprint density at radius 3 is 2.47 bits per heavy atom. The van der Waals surface area contributed by atoms with Gasteiger partial charge in [0, 0.05) is 35.1 Å². The highest BCUT2D eigenvalue weighted by Gasteiger charge is 2.41. The van der Waals surface area contributed by atoms with E-state index in [0.29, 0.717) is 47.8 Å². The van der Waals surface area contributed by atoms with Crippen LogP contribution in [-0.2, 0) is 14.3 Å². The molecule has 1 heterocycles. The molecule has 0 aromatic heterocycles. The first kappa shape index (κ1) is 25.9. The first-order chi connectivity index (χ1) is 17.5. The number of methoxy groups -OCH3 is 2. The van der Waals surface area contributed by atoms with Gasteiger partial charge < -0.3 is 19.5 Å². The standard InChI is InChI=1S/C29H33NO5S/c1-5-36-14-13-35-29(32)26-18(2)30-22-15-21(19-9-7-6-8-10-19)16-23(31)28(22)27(26)20-11-12-24(33-3)25(17-20)34-4/h6-12,17,21,27,30H,5,13-16H2,1-4H3/t21-,27+/m0/s1. The summed E-state index contributed by atoms with van der Waals surface area (Å²) < 4.78 is 16.6. The summed E-state index contributed by atoms with van der Waals surface area (Å²) >= 11 is 1.72. The number of carbonyl (C=O) groups excluding carboxylic acids is 2. The third kappa shape index (κ3) is 5.31. The Kier molecular flexibility index (Phi) is 8.41. The molecule has 7 heteroatoms. The summed E-state index contributed by atoms with van der Waals surface area (Å²) in [5, 5.41) is 3.41. The van der Waals surface area contributed by atoms with E-state index < -0.39 is 11.9 Å². The van der Waals surface area contributed by atoms with E-state index in [2.05, 4.69) is 24.4 Å². The number of rotatable bonds is 9. The molecule has 1 aliphatic heterocycles. The summed E-state index contributed by atoms with van der Waals surface area (Å²) in [5.74, 6) is 2.00. The van der Waals surface area contributed by atoms with Crippen molar-refractivity contribution >= 4 is 23.5 Å². The summed E-state index contributed by atoms with van der Waals surface area (Å²) in [6, 6.07) is 15.7. The monoisotopic (exact) mass is 507 g/mol. The molecule has 2 aromatic carbocycles. The van der Waals surface area contributed by atoms with E-state index in [-0.39, 0.29) is 11.7 Å². The van der Waals surface area contributed by atoms with Crippen molar-refractivity contribution in [3.8, 4) is 11.5 Å². The van der Waals surface area contributed by atoms with Gasteiger partial charge in [-0.15, -0.1) is 0 Å². The van der Waals surface area contributed by atoms with Crippen molar-refractivity contribution in [2.24, 2.45) is 0 Å². The van der Waals surface area contributed by atoms with E-state index in [9.17, 15) is 9.59 Å². The average Bonchev–Trinajstić information content (AvgIpc) is 2.90. The van der Waals surface area contributed by atoms with Crippen LogP contribution in [0.15, 0.2) is 71.1 Å². The van der Waals surface area contributed by atoms with Gasteiger partial charge in [0.25, 0.3) is 0 Å². The molecule has 4 rings (SSSR count). The van der Waals surface area contributed by atoms with Gasteiger partial charge in [-0.05, 0) is 48.3 Å². The third-order valence-electron chi connectivity index (χ3n) is 6.72. The predicted octanol–water partition coefficient (Wildman–Crippen LogP) is 5.36. The molecule has 1 N–H and O–H groups in total. The number of nitrogens with one attached hydrogen (secondary N) is 1. The van der Waals surface area contributed by atoms with Crippen LogP contribution in [0, 0.1) is 0 Å². The van der Waals surface area contributed by atoms with Gasteiger partial charge in [0.05, 0.1) is 19.8 Å². The Morgan fingerprint density at radius 2 is 1.78 bits per heavy atom. The molecule has 1 aliphatic carbocycles. The lowest BCUT2D eigenvalue weighted by atomic mass is 9.71. The number of thioether (sulfide) groups is 1. The molecule has 2 aromatic rings. The van der Waals surface area contributed by atoms with Crippen molar-refractivity contribution in [2.45, 2.75) is 38.5 Å². The fourth-order valence-corrected chi connectivity index (χ4v) is 5.54. The molecule has 0 saturated carbocycles. The highest BCUT2D eigenvalue weighted by atomic mass is 32.2. The Hall–Kier alpha value is -3.19. The second-order valence-corrected chi connectivity index (χ2v) is 10.3. The van der Waals surface area contributed by atoms with Crippen molar-refractivity contribution in [3.63, 3.8) is 0 Å². The number of hydrogen-bond donors (Lipinski definition) is 1. The zero-order chi connectivity index (χ0) is 25.7. The quantitative estimate of drug-likeness (QED) is 0.362. The van der Waals surface area contributed by atoms with Crippen molar-refractivity contribution < 1.29 is 23.8 Å². The number of hydrogen-bond acceptors (Lipinski definition) is 7. The summed E-state index contributed by atoms with van der Waals surface area (Å²) in [6.07, 6.45) is 1.09. The molecule has 0 radical (unpaired) electrons. The molecular weight excluding hydrogens is 474 g/mol. The molecule has 0 bridgehead atoms. The van der Waals surface area contributed by atoms with Crippen molar-refractivity contribution in [3.05, 3.63) is 82.2 Å². The van der Waals surface area contributed by atoms with Gasteiger partial charge >= 0.3 is 5.97 Å². The lowest BCUT2D eigenvalue weighted by Crippen LogP contribution is -2.36. The van der Waals surface area contributed by atoms with Crippen LogP contribution in [0.5, 0.6) is 11.5 Å². The number of esters is 1. The van der Waals surface area contributed by atoms with Crippen LogP contribution < -0.4 is 14.8 Å². The molecule has 0 saturated heterocycles. The lowest BCUT2D eigenvalue weighted by molar-refractivity contribution is -0.138. The van der Waals surface area contributed by atoms with Crippen LogP contribution in [0.2, 0.25) is 0 Å². The number of ether oxygens (including phenoxy) is 3. The Morgan fingerprint density at radius 1 is 1.03 bits per heavy atom. The molecule has 0 spiro atoms. The Labute approximate surface area is 217 Å². The molecular formula is C29H33NO5S. The Balaban J connectivity index is 1.76. The molecule has 36 heavy (non-hydrogen) atoms. The van der Waals surface area contributed by atoms with Gasteiger partial charge in [-0.1, -0.05) is 43.3 Å². The minimum Gasteiger partial charge on any atom is -0.493 e. The van der Waals surface area contributed by atoms with Crippen LogP contribution in [0.4, 0.5) is 0 Å². The van der Waals surface area contributed by atoms with E-state index >= 15 is 0 Å². The molecule has 6 nitrogen and oxygen atoms in total. The molecule has 0 unspecified atom stereocenters. The second kappa shape index (κ2) is 11.7. The summed E-state index contributed by atoms with van der Waals surface area (Å²) in [4.78, 5) is 27.1. The van der Waals surface area contributed by atoms with Crippen molar-refractivity contribution in [1.82, 2.24) is 5.32 Å². The zero-order valence-corrected chi connectivity index (χ0v) is 22.1. The number of Topliss-reactive ketones (excluding diaryl/α,β-unsaturated/α-hetero) is 1. The maximum absolute atomic E-state index is 13.7. The topological polar surface area (TPSA) is 73.9 Å². The third-order valence-corrected chi connectivity index (χ3v) is 7.59. The first-order valence-electron chi connectivity index (χ1n) is 12.2. The largest absolute Gasteiger partial charge is 0.493 e. The van der Waals surface area contributed by atoms with Gasteiger partial charge in [0.1, 0.15) is 6.61 Å². The predicted molar refractivity (Wildman–Crippen MR) is 143 cm³/mol. The van der Waals surface area contributed by atoms with Crippen molar-refractivity contribution in [2.75, 3.05) is 32.3 Å². The zero-order valence-electron chi connectivity index (χ0n) is 21.3. The smallest absolute Gasteiger partial charge is 0.336 e. The summed E-state index contributed by atoms with van der Waals surface area (Å²) in [7, 11) is 3.16. The minimum absolute atomic E-state index is 0.0386.